The molecule has 4 aliphatic rings. The lowest BCUT2D eigenvalue weighted by Crippen LogP contribution is -2.52. The van der Waals surface area contributed by atoms with Gasteiger partial charge in [0.1, 0.15) is 12.1 Å². The van der Waals surface area contributed by atoms with Gasteiger partial charge in [-0.05, 0) is 49.7 Å². The summed E-state index contributed by atoms with van der Waals surface area (Å²) in [6.07, 6.45) is 8.36. The summed E-state index contributed by atoms with van der Waals surface area (Å²) in [4.78, 5) is 42.1. The molecule has 6 nitrogen and oxygen atoms in total. The number of hydrogen-bond acceptors (Lipinski definition) is 3. The van der Waals surface area contributed by atoms with Crippen LogP contribution in [0.2, 0.25) is 0 Å². The van der Waals surface area contributed by atoms with Gasteiger partial charge in [0.25, 0.3) is 5.91 Å². The highest BCUT2D eigenvalue weighted by Crippen LogP contribution is 2.36. The lowest BCUT2D eigenvalue weighted by Gasteiger charge is -2.33. The molecular weight excluding hydrogens is 354 g/mol. The second kappa shape index (κ2) is 6.61. The van der Waals surface area contributed by atoms with Crippen molar-refractivity contribution in [3.05, 3.63) is 35.4 Å². The van der Waals surface area contributed by atoms with Crippen molar-refractivity contribution >= 4 is 17.8 Å². The second-order valence-electron chi connectivity index (χ2n) is 8.82. The molecule has 1 aliphatic heterocycles. The van der Waals surface area contributed by atoms with Crippen molar-refractivity contribution in [1.82, 2.24) is 15.1 Å². The Morgan fingerprint density at radius 3 is 2.46 bits per heavy atom. The average Bonchev–Trinajstić information content (AvgIpc) is 3.33. The number of benzene rings is 1. The van der Waals surface area contributed by atoms with Crippen LogP contribution in [0.4, 0.5) is 4.79 Å². The molecule has 28 heavy (non-hydrogen) atoms. The molecule has 1 heterocycles. The van der Waals surface area contributed by atoms with Crippen LogP contribution in [0.1, 0.15) is 56.1 Å². The molecule has 148 valence electrons. The van der Waals surface area contributed by atoms with E-state index in [1.54, 1.807) is 0 Å². The number of rotatable bonds is 4. The van der Waals surface area contributed by atoms with E-state index in [1.807, 2.05) is 23.1 Å². The van der Waals surface area contributed by atoms with Gasteiger partial charge in [-0.25, -0.2) is 4.79 Å². The van der Waals surface area contributed by atoms with Crippen molar-refractivity contribution in [3.63, 3.8) is 0 Å². The second-order valence-corrected chi connectivity index (χ2v) is 8.82. The summed E-state index contributed by atoms with van der Waals surface area (Å²) in [7, 11) is 0. The van der Waals surface area contributed by atoms with Crippen LogP contribution in [0, 0.1) is 0 Å². The van der Waals surface area contributed by atoms with Crippen LogP contribution in [-0.2, 0) is 22.4 Å². The molecule has 1 spiro atoms. The van der Waals surface area contributed by atoms with Gasteiger partial charge < -0.3 is 10.2 Å². The summed E-state index contributed by atoms with van der Waals surface area (Å²) < 4.78 is 0. The van der Waals surface area contributed by atoms with Crippen molar-refractivity contribution in [2.75, 3.05) is 6.54 Å². The number of carbonyl (C=O) groups is 3. The topological polar surface area (TPSA) is 69.7 Å². The zero-order valence-electron chi connectivity index (χ0n) is 16.2. The Balaban J connectivity index is 1.33. The smallest absolute Gasteiger partial charge is 0.325 e. The van der Waals surface area contributed by atoms with E-state index in [0.717, 1.165) is 50.5 Å². The van der Waals surface area contributed by atoms with Gasteiger partial charge in [-0.15, -0.1) is 0 Å². The van der Waals surface area contributed by atoms with E-state index >= 15 is 0 Å². The molecule has 5 rings (SSSR count). The fraction of sp³-hybridized carbons (Fsp3) is 0.591. The van der Waals surface area contributed by atoms with Crippen LogP contribution in [-0.4, -0.2) is 51.8 Å². The van der Waals surface area contributed by atoms with Gasteiger partial charge in [-0.1, -0.05) is 37.1 Å². The van der Waals surface area contributed by atoms with Crippen molar-refractivity contribution < 1.29 is 14.4 Å². The maximum absolute atomic E-state index is 13.2. The van der Waals surface area contributed by atoms with Crippen molar-refractivity contribution in [2.24, 2.45) is 0 Å². The normalized spacial score (nSPS) is 27.2. The zero-order chi connectivity index (χ0) is 19.3. The van der Waals surface area contributed by atoms with E-state index in [1.165, 1.54) is 10.5 Å². The molecule has 1 atom stereocenters. The molecule has 2 saturated carbocycles. The molecule has 0 radical (unpaired) electrons. The lowest BCUT2D eigenvalue weighted by molar-refractivity contribution is -0.141. The van der Waals surface area contributed by atoms with E-state index in [0.29, 0.717) is 18.9 Å². The summed E-state index contributed by atoms with van der Waals surface area (Å²) in [6, 6.07) is 8.27. The van der Waals surface area contributed by atoms with Gasteiger partial charge in [-0.3, -0.25) is 14.5 Å². The number of nitrogens with zero attached hydrogens (tertiary/aromatic N) is 2. The first kappa shape index (κ1) is 17.7. The minimum absolute atomic E-state index is 0.0637. The van der Waals surface area contributed by atoms with Crippen LogP contribution in [0.25, 0.3) is 0 Å². The molecule has 3 fully saturated rings. The summed E-state index contributed by atoms with van der Waals surface area (Å²) in [5.41, 5.74) is 1.47. The van der Waals surface area contributed by atoms with Crippen molar-refractivity contribution in [3.8, 4) is 0 Å². The number of nitrogens with one attached hydrogen (secondary N) is 1. The van der Waals surface area contributed by atoms with Crippen LogP contribution >= 0.6 is 0 Å². The Bertz CT molecular complexity index is 828. The molecule has 1 saturated heterocycles. The van der Waals surface area contributed by atoms with Gasteiger partial charge in [0, 0.05) is 18.5 Å². The van der Waals surface area contributed by atoms with Crippen molar-refractivity contribution in [2.45, 2.75) is 75.4 Å². The van der Waals surface area contributed by atoms with Gasteiger partial charge in [0.05, 0.1) is 0 Å². The minimum atomic E-state index is -0.885. The molecular formula is C22H27N3O3. The number of urea groups is 1. The molecule has 1 unspecified atom stereocenters. The Kier molecular flexibility index (Phi) is 4.18. The summed E-state index contributed by atoms with van der Waals surface area (Å²) in [5.74, 6) is -0.298. The van der Waals surface area contributed by atoms with Crippen LogP contribution < -0.4 is 5.32 Å². The van der Waals surface area contributed by atoms with Gasteiger partial charge in [-0.2, -0.15) is 0 Å². The van der Waals surface area contributed by atoms with E-state index in [-0.39, 0.29) is 24.4 Å². The summed E-state index contributed by atoms with van der Waals surface area (Å²) >= 11 is 0. The van der Waals surface area contributed by atoms with Crippen LogP contribution in [0.15, 0.2) is 24.3 Å². The number of fused-ring (bicyclic) bond motifs is 1. The minimum Gasteiger partial charge on any atom is -0.335 e. The number of imide groups is 1. The number of hydrogen-bond donors (Lipinski definition) is 1. The molecule has 1 aromatic carbocycles. The van der Waals surface area contributed by atoms with Crippen molar-refractivity contribution in [1.29, 1.82) is 0 Å². The number of amides is 4. The predicted octanol–water partition coefficient (Wildman–Crippen LogP) is 2.40. The zero-order valence-corrected chi connectivity index (χ0v) is 16.2. The quantitative estimate of drug-likeness (QED) is 0.815. The Morgan fingerprint density at radius 2 is 1.75 bits per heavy atom. The molecule has 3 aliphatic carbocycles. The van der Waals surface area contributed by atoms with E-state index < -0.39 is 11.6 Å². The number of carbonyl (C=O) groups excluding carboxylic acids is 3. The Labute approximate surface area is 165 Å². The van der Waals surface area contributed by atoms with Crippen LogP contribution in [0.3, 0.4) is 0 Å². The predicted molar refractivity (Wildman–Crippen MR) is 104 cm³/mol. The molecule has 0 bridgehead atoms. The monoisotopic (exact) mass is 381 g/mol. The van der Waals surface area contributed by atoms with Gasteiger partial charge in [0.15, 0.2) is 0 Å². The average molecular weight is 381 g/mol. The largest absolute Gasteiger partial charge is 0.335 e. The molecule has 4 amide bonds. The fourth-order valence-electron chi connectivity index (χ4n) is 5.30. The highest BCUT2D eigenvalue weighted by atomic mass is 16.2. The summed E-state index contributed by atoms with van der Waals surface area (Å²) in [5, 5.41) is 2.94. The lowest BCUT2D eigenvalue weighted by atomic mass is 9.78. The van der Waals surface area contributed by atoms with E-state index in [9.17, 15) is 14.4 Å². The van der Waals surface area contributed by atoms with Gasteiger partial charge in [0.2, 0.25) is 5.91 Å². The SMILES string of the molecule is O=C1NC2(CCc3ccccc3C2)C(=O)N1CC(=O)N(C1CCCC1)C1CC1. The molecule has 6 heteroatoms. The molecule has 0 aromatic heterocycles. The first-order chi connectivity index (χ1) is 13.6. The fourth-order valence-corrected chi connectivity index (χ4v) is 5.30. The third-order valence-electron chi connectivity index (χ3n) is 6.92. The highest BCUT2D eigenvalue weighted by Gasteiger charge is 2.53. The molecule has 1 N–H and O–H groups in total. The number of aryl methyl sites for hydroxylation is 1. The van der Waals surface area contributed by atoms with E-state index in [2.05, 4.69) is 11.4 Å². The van der Waals surface area contributed by atoms with E-state index in [4.69, 9.17) is 0 Å². The summed E-state index contributed by atoms with van der Waals surface area (Å²) in [6.45, 7) is -0.124. The highest BCUT2D eigenvalue weighted by molar-refractivity contribution is 6.09. The Morgan fingerprint density at radius 1 is 1.07 bits per heavy atom. The maximum atomic E-state index is 13.2. The van der Waals surface area contributed by atoms with Crippen LogP contribution in [0.5, 0.6) is 0 Å². The van der Waals surface area contributed by atoms with Gasteiger partial charge >= 0.3 is 6.03 Å². The first-order valence-electron chi connectivity index (χ1n) is 10.6. The third-order valence-corrected chi connectivity index (χ3v) is 6.92. The Hall–Kier alpha value is -2.37. The third kappa shape index (κ3) is 2.90. The molecule has 1 aromatic rings. The maximum Gasteiger partial charge on any atom is 0.325 e. The first-order valence-corrected chi connectivity index (χ1v) is 10.6. The standard InChI is InChI=1S/C22H27N3O3/c26-19(25(18-9-10-18)17-7-3-4-8-17)14-24-20(27)22(23-21(24)28)12-11-15-5-1-2-6-16(15)13-22/h1-2,5-6,17-18H,3-4,7-14H2,(H,23,28).